The molecule has 0 radical (unpaired) electrons. The lowest BCUT2D eigenvalue weighted by Gasteiger charge is -2.41. The summed E-state index contributed by atoms with van der Waals surface area (Å²) in [4.78, 5) is 0. The SMILES string of the molecule is Cc1cc(C)c([N+]2(C)[CH-]C=[N+](C3CCCC3)[CH-]2)c(C)c1. The summed E-state index contributed by atoms with van der Waals surface area (Å²) in [5.74, 6) is 0. The van der Waals surface area contributed by atoms with Gasteiger partial charge in [0.2, 0.25) is 0 Å². The molecule has 0 amide bonds. The predicted molar refractivity (Wildman–Crippen MR) is 85.6 cm³/mol. The van der Waals surface area contributed by atoms with E-state index in [1.54, 1.807) is 0 Å². The Bertz CT molecular complexity index is 530. The summed E-state index contributed by atoms with van der Waals surface area (Å²) in [5, 5.41) is 0. The van der Waals surface area contributed by atoms with Crippen LogP contribution in [-0.4, -0.2) is 23.9 Å². The van der Waals surface area contributed by atoms with E-state index >= 15 is 0 Å². The van der Waals surface area contributed by atoms with Gasteiger partial charge in [0.25, 0.3) is 0 Å². The summed E-state index contributed by atoms with van der Waals surface area (Å²) in [6.07, 6.45) is 7.73. The molecule has 0 spiro atoms. The quantitative estimate of drug-likeness (QED) is 0.436. The van der Waals surface area contributed by atoms with Crippen LogP contribution >= 0.6 is 0 Å². The molecule has 1 saturated carbocycles. The van der Waals surface area contributed by atoms with Crippen molar-refractivity contribution in [3.63, 3.8) is 0 Å². The van der Waals surface area contributed by atoms with Crippen molar-refractivity contribution in [3.8, 4) is 0 Å². The van der Waals surface area contributed by atoms with Gasteiger partial charge in [0.05, 0.1) is 0 Å². The van der Waals surface area contributed by atoms with E-state index in [9.17, 15) is 0 Å². The van der Waals surface area contributed by atoms with Crippen molar-refractivity contribution in [2.24, 2.45) is 0 Å². The maximum absolute atomic E-state index is 2.45. The molecule has 3 rings (SSSR count). The van der Waals surface area contributed by atoms with E-state index in [1.807, 2.05) is 0 Å². The highest BCUT2D eigenvalue weighted by molar-refractivity contribution is 5.72. The van der Waals surface area contributed by atoms with Gasteiger partial charge in [-0.25, -0.2) is 6.54 Å². The second kappa shape index (κ2) is 4.85. The van der Waals surface area contributed by atoms with Crippen molar-refractivity contribution >= 4 is 11.9 Å². The third kappa shape index (κ3) is 2.22. The molecule has 1 aromatic carbocycles. The molecule has 1 unspecified atom stereocenters. The molecule has 0 saturated heterocycles. The molecule has 1 aromatic rings. The lowest BCUT2D eigenvalue weighted by Crippen LogP contribution is -2.40. The Morgan fingerprint density at radius 2 is 1.70 bits per heavy atom. The number of hydrogen-bond donors (Lipinski definition) is 0. The highest BCUT2D eigenvalue weighted by Crippen LogP contribution is 2.36. The molecule has 1 aliphatic carbocycles. The smallest absolute Gasteiger partial charge is 0.173 e. The molecule has 0 bridgehead atoms. The fraction of sp³-hybridized carbons (Fsp3) is 0.500. The van der Waals surface area contributed by atoms with Crippen LogP contribution in [0.2, 0.25) is 0 Å². The van der Waals surface area contributed by atoms with Gasteiger partial charge in [-0.2, -0.15) is 0 Å². The molecule has 20 heavy (non-hydrogen) atoms. The van der Waals surface area contributed by atoms with E-state index < -0.39 is 0 Å². The summed E-state index contributed by atoms with van der Waals surface area (Å²) in [6.45, 7) is 11.4. The van der Waals surface area contributed by atoms with Gasteiger partial charge in [-0.05, 0) is 33.6 Å². The van der Waals surface area contributed by atoms with Crippen LogP contribution in [0.3, 0.4) is 0 Å². The first-order chi connectivity index (χ1) is 9.49. The van der Waals surface area contributed by atoms with E-state index in [0.29, 0.717) is 0 Å². The zero-order valence-electron chi connectivity index (χ0n) is 13.2. The lowest BCUT2D eigenvalue weighted by molar-refractivity contribution is -0.526. The Kier molecular flexibility index (Phi) is 3.29. The number of quaternary nitrogens is 1. The standard InChI is InChI=1S/C18H26N2/c1-14-11-15(2)18(16(3)12-14)20(4)10-9-19(13-20)17-7-5-6-8-17/h9-13,17H,5-8H2,1-4H3. The zero-order chi connectivity index (χ0) is 14.3. The molecule has 1 aliphatic heterocycles. The number of nitrogens with zero attached hydrogens (tertiary/aromatic N) is 2. The molecule has 0 aromatic heterocycles. The van der Waals surface area contributed by atoms with E-state index in [1.165, 1.54) is 48.1 Å². The first-order valence-electron chi connectivity index (χ1n) is 7.77. The van der Waals surface area contributed by atoms with Gasteiger partial charge in [0, 0.05) is 31.0 Å². The van der Waals surface area contributed by atoms with Crippen LogP contribution in [0.5, 0.6) is 0 Å². The summed E-state index contributed by atoms with van der Waals surface area (Å²) >= 11 is 0. The first kappa shape index (κ1) is 13.6. The Labute approximate surface area is 123 Å². The number of aryl methyl sites for hydroxylation is 3. The Hall–Kier alpha value is -1.41. The number of hydrogen-bond acceptors (Lipinski definition) is 0. The third-order valence-corrected chi connectivity index (χ3v) is 4.79. The molecular formula is C18H26N2. The van der Waals surface area contributed by atoms with Crippen LogP contribution in [0.1, 0.15) is 42.4 Å². The molecule has 108 valence electrons. The molecule has 2 heteroatoms. The average molecular weight is 270 g/mol. The van der Waals surface area contributed by atoms with Crippen molar-refractivity contribution < 1.29 is 4.58 Å². The fourth-order valence-electron chi connectivity index (χ4n) is 4.05. The molecule has 2 nitrogen and oxygen atoms in total. The highest BCUT2D eigenvalue weighted by atomic mass is 15.5. The molecular weight excluding hydrogens is 244 g/mol. The van der Waals surface area contributed by atoms with Gasteiger partial charge in [-0.15, -0.1) is 0 Å². The molecule has 0 N–H and O–H groups in total. The van der Waals surface area contributed by atoms with Gasteiger partial charge < -0.3 is 9.06 Å². The van der Waals surface area contributed by atoms with Gasteiger partial charge in [0.1, 0.15) is 11.7 Å². The minimum absolute atomic E-state index is 0.720. The molecule has 2 aliphatic rings. The Morgan fingerprint density at radius 1 is 1.10 bits per heavy atom. The maximum Gasteiger partial charge on any atom is 0.173 e. The summed E-state index contributed by atoms with van der Waals surface area (Å²) in [5.41, 5.74) is 5.55. The molecule has 1 atom stereocenters. The summed E-state index contributed by atoms with van der Waals surface area (Å²) < 4.78 is 3.25. The van der Waals surface area contributed by atoms with Crippen molar-refractivity contribution in [2.75, 3.05) is 7.05 Å². The second-order valence-electron chi connectivity index (χ2n) is 6.69. The van der Waals surface area contributed by atoms with Gasteiger partial charge >= 0.3 is 0 Å². The topological polar surface area (TPSA) is 3.01 Å². The third-order valence-electron chi connectivity index (χ3n) is 4.79. The van der Waals surface area contributed by atoms with Crippen LogP contribution < -0.4 is 4.48 Å². The predicted octanol–water partition coefficient (Wildman–Crippen LogP) is 3.87. The summed E-state index contributed by atoms with van der Waals surface area (Å²) in [7, 11) is 2.29. The lowest BCUT2D eigenvalue weighted by atomic mass is 10.0. The fourth-order valence-corrected chi connectivity index (χ4v) is 4.05. The highest BCUT2D eigenvalue weighted by Gasteiger charge is 2.30. The second-order valence-corrected chi connectivity index (χ2v) is 6.69. The average Bonchev–Trinajstić information content (AvgIpc) is 2.96. The number of rotatable bonds is 2. The van der Waals surface area contributed by atoms with Crippen LogP contribution in [0.25, 0.3) is 0 Å². The minimum atomic E-state index is 0.720. The van der Waals surface area contributed by atoms with Gasteiger partial charge in [-0.1, -0.05) is 23.9 Å². The van der Waals surface area contributed by atoms with E-state index in [-0.39, 0.29) is 0 Å². The van der Waals surface area contributed by atoms with E-state index in [4.69, 9.17) is 0 Å². The zero-order valence-corrected chi connectivity index (χ0v) is 13.2. The van der Waals surface area contributed by atoms with Crippen LogP contribution in [0.15, 0.2) is 12.1 Å². The first-order valence-corrected chi connectivity index (χ1v) is 7.77. The van der Waals surface area contributed by atoms with Crippen molar-refractivity contribution in [3.05, 3.63) is 42.0 Å². The van der Waals surface area contributed by atoms with Crippen molar-refractivity contribution in [1.82, 2.24) is 4.48 Å². The number of benzene rings is 1. The van der Waals surface area contributed by atoms with Gasteiger partial charge in [-0.3, -0.25) is 0 Å². The minimum Gasteiger partial charge on any atom is -0.407 e. The monoisotopic (exact) mass is 270 g/mol. The van der Waals surface area contributed by atoms with Crippen LogP contribution in [0.4, 0.5) is 5.69 Å². The summed E-state index contributed by atoms with van der Waals surface area (Å²) in [6, 6.07) is 5.31. The Balaban J connectivity index is 1.88. The molecule has 1 fully saturated rings. The largest absolute Gasteiger partial charge is 0.407 e. The van der Waals surface area contributed by atoms with E-state index in [2.05, 4.69) is 64.0 Å². The van der Waals surface area contributed by atoms with Crippen LogP contribution in [-0.2, 0) is 0 Å². The van der Waals surface area contributed by atoms with Gasteiger partial charge in [0.15, 0.2) is 6.67 Å². The van der Waals surface area contributed by atoms with Crippen molar-refractivity contribution in [2.45, 2.75) is 52.5 Å². The normalized spacial score (nSPS) is 26.3. The van der Waals surface area contributed by atoms with Crippen molar-refractivity contribution in [1.29, 1.82) is 0 Å². The molecule has 1 heterocycles. The maximum atomic E-state index is 2.45. The Morgan fingerprint density at radius 3 is 2.30 bits per heavy atom. The van der Waals surface area contributed by atoms with E-state index in [0.717, 1.165) is 10.5 Å². The van der Waals surface area contributed by atoms with Crippen LogP contribution in [0, 0.1) is 34.0 Å².